The first kappa shape index (κ1) is 17.6. The lowest BCUT2D eigenvalue weighted by Gasteiger charge is -2.13. The molecular weight excluding hydrogens is 372 g/mol. The van der Waals surface area contributed by atoms with E-state index in [1.54, 1.807) is 0 Å². The van der Waals surface area contributed by atoms with Gasteiger partial charge >= 0.3 is 0 Å². The molecular formula is C27H18OS. The van der Waals surface area contributed by atoms with Crippen molar-refractivity contribution in [2.24, 2.45) is 0 Å². The van der Waals surface area contributed by atoms with Crippen molar-refractivity contribution >= 4 is 23.0 Å². The van der Waals surface area contributed by atoms with E-state index in [1.165, 1.54) is 10.8 Å². The summed E-state index contributed by atoms with van der Waals surface area (Å²) in [6.07, 6.45) is 0. The number of rotatable bonds is 3. The minimum absolute atomic E-state index is 0.501. The summed E-state index contributed by atoms with van der Waals surface area (Å²) in [5, 5.41) is 2.39. The highest BCUT2D eigenvalue weighted by Crippen LogP contribution is 2.37. The average Bonchev–Trinajstić information content (AvgIpc) is 2.79. The molecule has 1 aromatic heterocycles. The second-order valence-electron chi connectivity index (χ2n) is 6.98. The predicted octanol–water partition coefficient (Wildman–Crippen LogP) is 8.16. The van der Waals surface area contributed by atoms with Crippen molar-refractivity contribution in [3.05, 3.63) is 114 Å². The number of hydrogen-bond donors (Lipinski definition) is 0. The van der Waals surface area contributed by atoms with Gasteiger partial charge in [-0.2, -0.15) is 0 Å². The van der Waals surface area contributed by atoms with Crippen molar-refractivity contribution in [2.45, 2.75) is 0 Å². The summed E-state index contributed by atoms with van der Waals surface area (Å²) in [4.78, 5) is 0. The molecule has 2 heteroatoms. The molecule has 0 bridgehead atoms. The summed E-state index contributed by atoms with van der Waals surface area (Å²) < 4.78 is 6.68. The van der Waals surface area contributed by atoms with Gasteiger partial charge in [-0.15, -0.1) is 0 Å². The van der Waals surface area contributed by atoms with Gasteiger partial charge in [0.1, 0.15) is 5.76 Å². The summed E-state index contributed by atoms with van der Waals surface area (Å²) in [6, 6.07) is 37.4. The van der Waals surface area contributed by atoms with Crippen LogP contribution >= 0.6 is 12.2 Å². The van der Waals surface area contributed by atoms with E-state index in [2.05, 4.69) is 72.8 Å². The summed E-state index contributed by atoms with van der Waals surface area (Å²) in [5.41, 5.74) is 5.24. The molecule has 5 rings (SSSR count). The van der Waals surface area contributed by atoms with E-state index >= 15 is 0 Å². The van der Waals surface area contributed by atoms with Gasteiger partial charge in [-0.3, -0.25) is 0 Å². The highest BCUT2D eigenvalue weighted by atomic mass is 32.1. The third-order valence-corrected chi connectivity index (χ3v) is 5.42. The standard InChI is InChI=1S/C27H18OS/c29-27-26(21-12-5-2-6-13-21)24(20-10-3-1-4-11-20)18-25(28-27)23-16-15-19-9-7-8-14-22(19)17-23/h1-18H. The molecule has 0 spiro atoms. The van der Waals surface area contributed by atoms with Crippen LogP contribution in [0, 0.1) is 4.71 Å². The fourth-order valence-corrected chi connectivity index (χ4v) is 4.02. The molecule has 0 saturated carbocycles. The van der Waals surface area contributed by atoms with Gasteiger partial charge in [0.25, 0.3) is 0 Å². The summed E-state index contributed by atoms with van der Waals surface area (Å²) in [6.45, 7) is 0. The van der Waals surface area contributed by atoms with Crippen LogP contribution in [0.3, 0.4) is 0 Å². The van der Waals surface area contributed by atoms with Crippen LogP contribution in [-0.2, 0) is 0 Å². The first-order chi connectivity index (χ1) is 14.3. The Morgan fingerprint density at radius 3 is 1.86 bits per heavy atom. The Morgan fingerprint density at radius 1 is 0.517 bits per heavy atom. The van der Waals surface area contributed by atoms with Crippen LogP contribution in [0.15, 0.2) is 114 Å². The van der Waals surface area contributed by atoms with Crippen LogP contribution in [-0.4, -0.2) is 0 Å². The van der Waals surface area contributed by atoms with Crippen LogP contribution in [0.4, 0.5) is 0 Å². The molecule has 4 aromatic carbocycles. The molecule has 29 heavy (non-hydrogen) atoms. The van der Waals surface area contributed by atoms with Crippen molar-refractivity contribution in [3.63, 3.8) is 0 Å². The zero-order valence-corrected chi connectivity index (χ0v) is 16.5. The molecule has 138 valence electrons. The van der Waals surface area contributed by atoms with Gasteiger partial charge in [-0.05, 0) is 51.8 Å². The molecule has 0 aliphatic carbocycles. The number of hydrogen-bond acceptors (Lipinski definition) is 2. The van der Waals surface area contributed by atoms with Crippen LogP contribution in [0.1, 0.15) is 0 Å². The quantitative estimate of drug-likeness (QED) is 0.288. The Labute approximate surface area is 174 Å². The van der Waals surface area contributed by atoms with Crippen LogP contribution in [0.2, 0.25) is 0 Å². The van der Waals surface area contributed by atoms with Crippen molar-refractivity contribution < 1.29 is 4.42 Å². The maximum Gasteiger partial charge on any atom is 0.199 e. The van der Waals surface area contributed by atoms with E-state index in [9.17, 15) is 0 Å². The SMILES string of the molecule is S=c1oc(-c2ccc3ccccc3c2)cc(-c2ccccc2)c1-c1ccccc1. The van der Waals surface area contributed by atoms with E-state index in [-0.39, 0.29) is 0 Å². The second-order valence-corrected chi connectivity index (χ2v) is 7.35. The summed E-state index contributed by atoms with van der Waals surface area (Å²) >= 11 is 5.74. The first-order valence-electron chi connectivity index (χ1n) is 9.58. The lowest BCUT2D eigenvalue weighted by Crippen LogP contribution is -1.89. The predicted molar refractivity (Wildman–Crippen MR) is 123 cm³/mol. The summed E-state index contributed by atoms with van der Waals surface area (Å²) in [5.74, 6) is 0.777. The smallest absolute Gasteiger partial charge is 0.199 e. The van der Waals surface area contributed by atoms with Crippen molar-refractivity contribution in [1.82, 2.24) is 0 Å². The maximum absolute atomic E-state index is 6.17. The number of benzene rings is 4. The highest BCUT2D eigenvalue weighted by molar-refractivity contribution is 7.71. The fraction of sp³-hybridized carbons (Fsp3) is 0. The van der Waals surface area contributed by atoms with Gasteiger partial charge in [-0.25, -0.2) is 0 Å². The van der Waals surface area contributed by atoms with Gasteiger partial charge in [0.15, 0.2) is 4.71 Å². The first-order valence-corrected chi connectivity index (χ1v) is 9.98. The van der Waals surface area contributed by atoms with Crippen LogP contribution in [0.5, 0.6) is 0 Å². The van der Waals surface area contributed by atoms with Gasteiger partial charge in [-0.1, -0.05) is 97.1 Å². The minimum atomic E-state index is 0.501. The zero-order valence-electron chi connectivity index (χ0n) is 15.7. The molecule has 0 saturated heterocycles. The molecule has 0 aliphatic rings. The molecule has 1 heterocycles. The van der Waals surface area contributed by atoms with Gasteiger partial charge in [0, 0.05) is 11.1 Å². The molecule has 0 fully saturated rings. The van der Waals surface area contributed by atoms with Crippen LogP contribution in [0.25, 0.3) is 44.3 Å². The van der Waals surface area contributed by atoms with Crippen molar-refractivity contribution in [3.8, 4) is 33.6 Å². The lowest BCUT2D eigenvalue weighted by atomic mass is 9.95. The molecule has 0 amide bonds. The minimum Gasteiger partial charge on any atom is -0.445 e. The monoisotopic (exact) mass is 390 g/mol. The Hall–Kier alpha value is -3.49. The van der Waals surface area contributed by atoms with Gasteiger partial charge in [0.2, 0.25) is 0 Å². The normalized spacial score (nSPS) is 10.9. The molecule has 5 aromatic rings. The molecule has 0 radical (unpaired) electrons. The second kappa shape index (κ2) is 7.50. The molecule has 0 N–H and O–H groups in total. The largest absolute Gasteiger partial charge is 0.445 e. The molecule has 0 atom stereocenters. The number of fused-ring (bicyclic) bond motifs is 1. The summed E-state index contributed by atoms with van der Waals surface area (Å²) in [7, 11) is 0. The van der Waals surface area contributed by atoms with E-state index < -0.39 is 0 Å². The van der Waals surface area contributed by atoms with Crippen molar-refractivity contribution in [1.29, 1.82) is 0 Å². The van der Waals surface area contributed by atoms with E-state index in [0.717, 1.165) is 33.6 Å². The Balaban J connectivity index is 1.76. The lowest BCUT2D eigenvalue weighted by molar-refractivity contribution is 0.552. The molecule has 1 nitrogen and oxygen atoms in total. The Bertz CT molecular complexity index is 1350. The maximum atomic E-state index is 6.17. The average molecular weight is 391 g/mol. The zero-order chi connectivity index (χ0) is 19.6. The topological polar surface area (TPSA) is 13.1 Å². The Morgan fingerprint density at radius 2 is 1.14 bits per heavy atom. The third-order valence-electron chi connectivity index (χ3n) is 5.13. The van der Waals surface area contributed by atoms with Crippen molar-refractivity contribution in [2.75, 3.05) is 0 Å². The van der Waals surface area contributed by atoms with E-state index in [4.69, 9.17) is 16.6 Å². The van der Waals surface area contributed by atoms with Gasteiger partial charge < -0.3 is 4.42 Å². The molecule has 0 unspecified atom stereocenters. The Kier molecular flexibility index (Phi) is 4.55. The molecule has 0 aliphatic heterocycles. The highest BCUT2D eigenvalue weighted by Gasteiger charge is 2.14. The van der Waals surface area contributed by atoms with Crippen LogP contribution < -0.4 is 0 Å². The fourth-order valence-electron chi connectivity index (χ4n) is 3.70. The van der Waals surface area contributed by atoms with Gasteiger partial charge in [0.05, 0.1) is 0 Å². The third kappa shape index (κ3) is 3.39. The van der Waals surface area contributed by atoms with E-state index in [1.807, 2.05) is 36.4 Å². The van der Waals surface area contributed by atoms with E-state index in [0.29, 0.717) is 4.71 Å².